The first-order valence-electron chi connectivity index (χ1n) is 7.87. The van der Waals surface area contributed by atoms with Gasteiger partial charge in [-0.05, 0) is 19.4 Å². The van der Waals surface area contributed by atoms with Gasteiger partial charge in [-0.25, -0.2) is 0 Å². The Kier molecular flexibility index (Phi) is 5.74. The summed E-state index contributed by atoms with van der Waals surface area (Å²) < 4.78 is 0. The van der Waals surface area contributed by atoms with E-state index in [2.05, 4.69) is 41.1 Å². The van der Waals surface area contributed by atoms with Crippen molar-refractivity contribution < 1.29 is 14.7 Å². The van der Waals surface area contributed by atoms with Crippen LogP contribution in [0.1, 0.15) is 19.4 Å². The predicted octanol–water partition coefficient (Wildman–Crippen LogP) is 0.784. The Hall–Kier alpha value is -1.92. The Morgan fingerprint density at radius 3 is 2.52 bits per heavy atom. The summed E-state index contributed by atoms with van der Waals surface area (Å²) in [7, 11) is 0. The van der Waals surface area contributed by atoms with Gasteiger partial charge in [-0.15, -0.1) is 0 Å². The topological polar surface area (TPSA) is 72.9 Å². The van der Waals surface area contributed by atoms with Crippen molar-refractivity contribution in [2.75, 3.05) is 32.7 Å². The van der Waals surface area contributed by atoms with Crippen LogP contribution in [0.5, 0.6) is 0 Å². The number of hydrogen-bond donors (Lipinski definition) is 2. The van der Waals surface area contributed by atoms with Crippen molar-refractivity contribution in [3.8, 4) is 0 Å². The van der Waals surface area contributed by atoms with Crippen LogP contribution in [0.2, 0.25) is 0 Å². The van der Waals surface area contributed by atoms with Gasteiger partial charge >= 0.3 is 5.97 Å². The van der Waals surface area contributed by atoms with Crippen molar-refractivity contribution in [3.63, 3.8) is 0 Å². The second-order valence-corrected chi connectivity index (χ2v) is 6.60. The van der Waals surface area contributed by atoms with E-state index in [4.69, 9.17) is 5.11 Å². The lowest BCUT2D eigenvalue weighted by molar-refractivity contribution is -0.138. The molecule has 1 heterocycles. The van der Waals surface area contributed by atoms with E-state index >= 15 is 0 Å². The molecule has 126 valence electrons. The number of carboxylic acids is 1. The molecule has 0 spiro atoms. The molecule has 23 heavy (non-hydrogen) atoms. The van der Waals surface area contributed by atoms with Gasteiger partial charge in [-0.2, -0.15) is 0 Å². The van der Waals surface area contributed by atoms with Crippen molar-refractivity contribution in [1.82, 2.24) is 15.1 Å². The summed E-state index contributed by atoms with van der Waals surface area (Å²) in [6, 6.07) is 10.4. The van der Waals surface area contributed by atoms with Gasteiger partial charge in [0, 0.05) is 31.7 Å². The minimum absolute atomic E-state index is 0.0405. The molecular weight excluding hydrogens is 294 g/mol. The average Bonchev–Trinajstić information content (AvgIpc) is 2.48. The van der Waals surface area contributed by atoms with Gasteiger partial charge in [-0.1, -0.05) is 30.3 Å². The van der Waals surface area contributed by atoms with Gasteiger partial charge in [0.2, 0.25) is 5.91 Å². The lowest BCUT2D eigenvalue weighted by Gasteiger charge is -2.47. The van der Waals surface area contributed by atoms with Crippen molar-refractivity contribution >= 4 is 11.9 Å². The first-order chi connectivity index (χ1) is 10.9. The van der Waals surface area contributed by atoms with Crippen LogP contribution in [0.15, 0.2) is 30.3 Å². The number of carboxylic acid groups (broad SMARTS) is 1. The number of piperazine rings is 1. The summed E-state index contributed by atoms with van der Waals surface area (Å²) in [6.45, 7) is 7.64. The summed E-state index contributed by atoms with van der Waals surface area (Å²) in [5, 5.41) is 11.0. The van der Waals surface area contributed by atoms with Crippen LogP contribution in [0.25, 0.3) is 0 Å². The molecule has 0 atom stereocenters. The van der Waals surface area contributed by atoms with Gasteiger partial charge < -0.3 is 10.4 Å². The number of rotatable bonds is 6. The molecule has 6 heteroatoms. The monoisotopic (exact) mass is 319 g/mol. The molecule has 1 aliphatic rings. The maximum absolute atomic E-state index is 11.8. The molecule has 2 rings (SSSR count). The summed E-state index contributed by atoms with van der Waals surface area (Å²) >= 11 is 0. The first-order valence-corrected chi connectivity index (χ1v) is 7.87. The fourth-order valence-electron chi connectivity index (χ4n) is 2.96. The number of hydrogen-bond acceptors (Lipinski definition) is 4. The highest BCUT2D eigenvalue weighted by Crippen LogP contribution is 2.23. The molecule has 1 saturated heterocycles. The standard InChI is InChI=1S/C17H25N3O3/c1-17(2)13-19(12-15(21)18-10-16(22)23)8-9-20(17)11-14-6-4-3-5-7-14/h3-7H,8-13H2,1-2H3,(H,18,21)(H,22,23). The number of carbonyl (C=O) groups excluding carboxylic acids is 1. The third kappa shape index (κ3) is 5.33. The predicted molar refractivity (Wildman–Crippen MR) is 88.0 cm³/mol. The summed E-state index contributed by atoms with van der Waals surface area (Å²) in [5.41, 5.74) is 1.24. The average molecular weight is 319 g/mol. The number of nitrogens with zero attached hydrogens (tertiary/aromatic N) is 2. The number of nitrogens with one attached hydrogen (secondary N) is 1. The van der Waals surface area contributed by atoms with Crippen LogP contribution in [0, 0.1) is 0 Å². The Morgan fingerprint density at radius 1 is 1.22 bits per heavy atom. The van der Waals surface area contributed by atoms with E-state index in [0.717, 1.165) is 26.2 Å². The van der Waals surface area contributed by atoms with Crippen molar-refractivity contribution in [2.45, 2.75) is 25.9 Å². The van der Waals surface area contributed by atoms with Gasteiger partial charge in [0.25, 0.3) is 0 Å². The van der Waals surface area contributed by atoms with Crippen LogP contribution in [-0.4, -0.2) is 65.0 Å². The minimum Gasteiger partial charge on any atom is -0.480 e. The van der Waals surface area contributed by atoms with E-state index < -0.39 is 5.97 Å². The quantitative estimate of drug-likeness (QED) is 0.811. The van der Waals surface area contributed by atoms with Crippen LogP contribution < -0.4 is 5.32 Å². The zero-order chi connectivity index (χ0) is 16.9. The number of aliphatic carboxylic acids is 1. The van der Waals surface area contributed by atoms with E-state index in [0.29, 0.717) is 0 Å². The fraction of sp³-hybridized carbons (Fsp3) is 0.529. The molecule has 0 radical (unpaired) electrons. The Bertz CT molecular complexity index is 545. The molecule has 6 nitrogen and oxygen atoms in total. The summed E-state index contributed by atoms with van der Waals surface area (Å²) in [4.78, 5) is 26.8. The van der Waals surface area contributed by atoms with Crippen molar-refractivity contribution in [3.05, 3.63) is 35.9 Å². The lowest BCUT2D eigenvalue weighted by Crippen LogP contribution is -2.60. The molecule has 1 fully saturated rings. The largest absolute Gasteiger partial charge is 0.480 e. The molecule has 0 saturated carbocycles. The number of amides is 1. The molecule has 1 aliphatic heterocycles. The molecule has 0 aromatic heterocycles. The second kappa shape index (κ2) is 7.57. The minimum atomic E-state index is -1.02. The highest BCUT2D eigenvalue weighted by atomic mass is 16.4. The number of carbonyl (C=O) groups is 2. The molecule has 0 aliphatic carbocycles. The van der Waals surface area contributed by atoms with Crippen LogP contribution in [-0.2, 0) is 16.1 Å². The summed E-state index contributed by atoms with van der Waals surface area (Å²) in [5.74, 6) is -1.26. The SMILES string of the molecule is CC1(C)CN(CC(=O)NCC(=O)O)CCN1Cc1ccccc1. The first kappa shape index (κ1) is 17.4. The third-order valence-corrected chi connectivity index (χ3v) is 4.17. The maximum Gasteiger partial charge on any atom is 0.322 e. The Morgan fingerprint density at radius 2 is 1.91 bits per heavy atom. The molecule has 1 amide bonds. The van der Waals surface area contributed by atoms with Crippen LogP contribution >= 0.6 is 0 Å². The molecular formula is C17H25N3O3. The number of benzene rings is 1. The van der Waals surface area contributed by atoms with Gasteiger partial charge in [0.05, 0.1) is 6.54 Å². The smallest absolute Gasteiger partial charge is 0.322 e. The molecule has 1 aromatic rings. The molecule has 2 N–H and O–H groups in total. The highest BCUT2D eigenvalue weighted by Gasteiger charge is 2.34. The maximum atomic E-state index is 11.8. The fourth-order valence-corrected chi connectivity index (χ4v) is 2.96. The van der Waals surface area contributed by atoms with E-state index in [9.17, 15) is 9.59 Å². The van der Waals surface area contributed by atoms with E-state index in [1.54, 1.807) is 0 Å². The van der Waals surface area contributed by atoms with Gasteiger partial charge in [0.15, 0.2) is 0 Å². The van der Waals surface area contributed by atoms with Gasteiger partial charge in [-0.3, -0.25) is 19.4 Å². The lowest BCUT2D eigenvalue weighted by atomic mass is 9.97. The normalized spacial score (nSPS) is 18.5. The molecule has 1 aromatic carbocycles. The zero-order valence-corrected chi connectivity index (χ0v) is 13.8. The zero-order valence-electron chi connectivity index (χ0n) is 13.8. The van der Waals surface area contributed by atoms with Crippen LogP contribution in [0.3, 0.4) is 0 Å². The van der Waals surface area contributed by atoms with Gasteiger partial charge in [0.1, 0.15) is 6.54 Å². The Balaban J connectivity index is 1.87. The molecule has 0 unspecified atom stereocenters. The van der Waals surface area contributed by atoms with E-state index in [1.165, 1.54) is 5.56 Å². The van der Waals surface area contributed by atoms with E-state index in [1.807, 2.05) is 18.2 Å². The Labute approximate surface area is 137 Å². The van der Waals surface area contributed by atoms with Crippen molar-refractivity contribution in [1.29, 1.82) is 0 Å². The summed E-state index contributed by atoms with van der Waals surface area (Å²) in [6.07, 6.45) is 0. The van der Waals surface area contributed by atoms with E-state index in [-0.39, 0.29) is 24.5 Å². The highest BCUT2D eigenvalue weighted by molar-refractivity contribution is 5.82. The second-order valence-electron chi connectivity index (χ2n) is 6.60. The molecule has 0 bridgehead atoms. The van der Waals surface area contributed by atoms with Crippen molar-refractivity contribution in [2.24, 2.45) is 0 Å². The third-order valence-electron chi connectivity index (χ3n) is 4.17. The van der Waals surface area contributed by atoms with Crippen LogP contribution in [0.4, 0.5) is 0 Å².